The third-order valence-electron chi connectivity index (χ3n) is 5.41. The number of carbonyl (C=O) groups excluding carboxylic acids is 1. The number of carbonyl (C=O) groups is 1. The van der Waals surface area contributed by atoms with Crippen molar-refractivity contribution in [3.63, 3.8) is 0 Å². The normalized spacial score (nSPS) is 47.3. The van der Waals surface area contributed by atoms with Gasteiger partial charge in [0, 0.05) is 12.3 Å². The molecule has 4 atom stereocenters. The summed E-state index contributed by atoms with van der Waals surface area (Å²) in [6, 6.07) is 0. The molecule has 3 rings (SSSR count). The largest absolute Gasteiger partial charge is 0.299 e. The summed E-state index contributed by atoms with van der Waals surface area (Å²) in [7, 11) is 0. The maximum absolute atomic E-state index is 12.3. The SMILES string of the molecule is C[C@]12C=CCC[C@@H]1C(=O)C[C@H]1CCCC[C@@H]12. The van der Waals surface area contributed by atoms with Crippen molar-refractivity contribution in [2.45, 2.75) is 51.9 Å². The number of hydrogen-bond donors (Lipinski definition) is 0. The molecular formula is C15H22O. The van der Waals surface area contributed by atoms with Crippen LogP contribution in [0.15, 0.2) is 12.2 Å². The lowest BCUT2D eigenvalue weighted by Crippen LogP contribution is -2.49. The molecule has 0 N–H and O–H groups in total. The van der Waals surface area contributed by atoms with Gasteiger partial charge in [-0.2, -0.15) is 0 Å². The van der Waals surface area contributed by atoms with Gasteiger partial charge in [0.15, 0.2) is 0 Å². The minimum atomic E-state index is 0.207. The van der Waals surface area contributed by atoms with Crippen LogP contribution in [0.2, 0.25) is 0 Å². The first kappa shape index (κ1) is 10.6. The van der Waals surface area contributed by atoms with Crippen molar-refractivity contribution in [1.82, 2.24) is 0 Å². The number of Topliss-reactive ketones (excluding diaryl/α,β-unsaturated/α-hetero) is 1. The molecule has 0 aliphatic heterocycles. The molecule has 0 aromatic carbocycles. The zero-order valence-electron chi connectivity index (χ0n) is 10.2. The van der Waals surface area contributed by atoms with E-state index in [1.165, 1.54) is 25.7 Å². The number of fused-ring (bicyclic) bond motifs is 3. The van der Waals surface area contributed by atoms with Gasteiger partial charge in [-0.3, -0.25) is 4.79 Å². The quantitative estimate of drug-likeness (QED) is 0.566. The van der Waals surface area contributed by atoms with Crippen molar-refractivity contribution < 1.29 is 4.79 Å². The number of allylic oxidation sites excluding steroid dienone is 2. The first-order valence-corrected chi connectivity index (χ1v) is 6.92. The van der Waals surface area contributed by atoms with E-state index >= 15 is 0 Å². The molecule has 2 saturated carbocycles. The predicted octanol–water partition coefficient (Wildman–Crippen LogP) is 3.74. The molecule has 0 aromatic heterocycles. The molecule has 0 radical (unpaired) electrons. The summed E-state index contributed by atoms with van der Waals surface area (Å²) in [6.07, 6.45) is 13.2. The summed E-state index contributed by atoms with van der Waals surface area (Å²) in [5.74, 6) is 2.40. The van der Waals surface area contributed by atoms with Crippen LogP contribution in [-0.4, -0.2) is 5.78 Å². The second-order valence-corrected chi connectivity index (χ2v) is 6.22. The average molecular weight is 218 g/mol. The van der Waals surface area contributed by atoms with E-state index in [0.29, 0.717) is 17.6 Å². The molecular weight excluding hydrogens is 196 g/mol. The van der Waals surface area contributed by atoms with Crippen LogP contribution in [0.25, 0.3) is 0 Å². The Morgan fingerprint density at radius 1 is 1.25 bits per heavy atom. The van der Waals surface area contributed by atoms with Crippen LogP contribution in [0, 0.1) is 23.2 Å². The molecule has 0 bridgehead atoms. The van der Waals surface area contributed by atoms with Crippen LogP contribution in [0.3, 0.4) is 0 Å². The Balaban J connectivity index is 1.97. The van der Waals surface area contributed by atoms with Crippen LogP contribution in [0.4, 0.5) is 0 Å². The fourth-order valence-electron chi connectivity index (χ4n) is 4.59. The van der Waals surface area contributed by atoms with E-state index in [2.05, 4.69) is 19.1 Å². The second-order valence-electron chi connectivity index (χ2n) is 6.22. The zero-order valence-corrected chi connectivity index (χ0v) is 10.2. The van der Waals surface area contributed by atoms with Gasteiger partial charge in [-0.05, 0) is 42.9 Å². The molecule has 16 heavy (non-hydrogen) atoms. The van der Waals surface area contributed by atoms with Crippen molar-refractivity contribution in [1.29, 1.82) is 0 Å². The third kappa shape index (κ3) is 1.40. The smallest absolute Gasteiger partial charge is 0.137 e. The average Bonchev–Trinajstić information content (AvgIpc) is 2.29. The van der Waals surface area contributed by atoms with Crippen LogP contribution in [0.1, 0.15) is 51.9 Å². The van der Waals surface area contributed by atoms with Crippen LogP contribution in [-0.2, 0) is 4.79 Å². The Bertz CT molecular complexity index is 330. The van der Waals surface area contributed by atoms with E-state index in [9.17, 15) is 4.79 Å². The van der Waals surface area contributed by atoms with E-state index in [0.717, 1.165) is 25.2 Å². The lowest BCUT2D eigenvalue weighted by Gasteiger charge is -2.52. The van der Waals surface area contributed by atoms with Gasteiger partial charge in [0.05, 0.1) is 0 Å². The maximum atomic E-state index is 12.3. The van der Waals surface area contributed by atoms with Crippen LogP contribution >= 0.6 is 0 Å². The molecule has 0 amide bonds. The van der Waals surface area contributed by atoms with Crippen LogP contribution in [0.5, 0.6) is 0 Å². The fourth-order valence-corrected chi connectivity index (χ4v) is 4.59. The van der Waals surface area contributed by atoms with E-state index in [4.69, 9.17) is 0 Å². The predicted molar refractivity (Wildman–Crippen MR) is 65.0 cm³/mol. The number of ketones is 1. The highest BCUT2D eigenvalue weighted by molar-refractivity contribution is 5.83. The van der Waals surface area contributed by atoms with Crippen LogP contribution < -0.4 is 0 Å². The minimum absolute atomic E-state index is 0.207. The van der Waals surface area contributed by atoms with E-state index in [-0.39, 0.29) is 5.41 Å². The maximum Gasteiger partial charge on any atom is 0.137 e. The summed E-state index contributed by atoms with van der Waals surface area (Å²) in [4.78, 5) is 12.3. The molecule has 0 heterocycles. The van der Waals surface area contributed by atoms with Gasteiger partial charge in [-0.25, -0.2) is 0 Å². The van der Waals surface area contributed by atoms with Crippen molar-refractivity contribution in [3.05, 3.63) is 12.2 Å². The van der Waals surface area contributed by atoms with Gasteiger partial charge in [-0.1, -0.05) is 31.9 Å². The Morgan fingerprint density at radius 2 is 2.06 bits per heavy atom. The standard InChI is InChI=1S/C15H22O/c1-15-9-5-4-8-13(15)14(16)10-11-6-2-3-7-12(11)15/h5,9,11-13H,2-4,6-8,10H2,1H3/t11-,12+,13-,15-/m1/s1. The van der Waals surface area contributed by atoms with Gasteiger partial charge >= 0.3 is 0 Å². The lowest BCUT2D eigenvalue weighted by atomic mass is 9.51. The Labute approximate surface area is 98.3 Å². The van der Waals surface area contributed by atoms with Crippen molar-refractivity contribution in [2.75, 3.05) is 0 Å². The summed E-state index contributed by atoms with van der Waals surface area (Å²) >= 11 is 0. The van der Waals surface area contributed by atoms with Gasteiger partial charge < -0.3 is 0 Å². The van der Waals surface area contributed by atoms with Gasteiger partial charge in [0.1, 0.15) is 5.78 Å². The Hall–Kier alpha value is -0.590. The van der Waals surface area contributed by atoms with E-state index in [1.807, 2.05) is 0 Å². The van der Waals surface area contributed by atoms with Gasteiger partial charge in [-0.15, -0.1) is 0 Å². The third-order valence-corrected chi connectivity index (χ3v) is 5.41. The first-order chi connectivity index (χ1) is 7.72. The highest BCUT2D eigenvalue weighted by atomic mass is 16.1. The molecule has 3 aliphatic rings. The fraction of sp³-hybridized carbons (Fsp3) is 0.800. The highest BCUT2D eigenvalue weighted by Gasteiger charge is 2.51. The van der Waals surface area contributed by atoms with Gasteiger partial charge in [0.25, 0.3) is 0 Å². The molecule has 0 unspecified atom stereocenters. The summed E-state index contributed by atoms with van der Waals surface area (Å²) in [5, 5.41) is 0. The Morgan fingerprint density at radius 3 is 2.94 bits per heavy atom. The highest BCUT2D eigenvalue weighted by Crippen LogP contribution is 2.55. The van der Waals surface area contributed by atoms with Gasteiger partial charge in [0.2, 0.25) is 0 Å². The zero-order chi connectivity index (χ0) is 11.2. The minimum Gasteiger partial charge on any atom is -0.299 e. The molecule has 1 nitrogen and oxygen atoms in total. The monoisotopic (exact) mass is 218 g/mol. The molecule has 0 saturated heterocycles. The molecule has 1 heteroatoms. The van der Waals surface area contributed by atoms with Crippen molar-refractivity contribution >= 4 is 5.78 Å². The summed E-state index contributed by atoms with van der Waals surface area (Å²) < 4.78 is 0. The van der Waals surface area contributed by atoms with Crippen molar-refractivity contribution in [3.8, 4) is 0 Å². The number of hydrogen-bond acceptors (Lipinski definition) is 1. The van der Waals surface area contributed by atoms with E-state index in [1.54, 1.807) is 0 Å². The molecule has 0 spiro atoms. The van der Waals surface area contributed by atoms with E-state index < -0.39 is 0 Å². The molecule has 88 valence electrons. The summed E-state index contributed by atoms with van der Waals surface area (Å²) in [6.45, 7) is 2.35. The summed E-state index contributed by atoms with van der Waals surface area (Å²) in [5.41, 5.74) is 0.207. The molecule has 2 fully saturated rings. The second kappa shape index (κ2) is 3.72. The lowest BCUT2D eigenvalue weighted by molar-refractivity contribution is -0.136. The first-order valence-electron chi connectivity index (χ1n) is 6.92. The topological polar surface area (TPSA) is 17.1 Å². The number of rotatable bonds is 0. The van der Waals surface area contributed by atoms with Crippen molar-refractivity contribution in [2.24, 2.45) is 23.2 Å². The Kier molecular flexibility index (Phi) is 2.45. The molecule has 0 aromatic rings. The molecule has 3 aliphatic carbocycles.